The summed E-state index contributed by atoms with van der Waals surface area (Å²) >= 11 is 0. The van der Waals surface area contributed by atoms with Crippen LogP contribution in [0.4, 0.5) is 0 Å². The first-order valence-corrected chi connectivity index (χ1v) is 15.6. The minimum absolute atomic E-state index is 0.0317. The van der Waals surface area contributed by atoms with Crippen LogP contribution in [0.2, 0.25) is 0 Å². The number of ether oxygens (including phenoxy) is 2. The van der Waals surface area contributed by atoms with Crippen LogP contribution < -0.4 is 11.2 Å². The molecule has 1 aromatic rings. The number of H-pyrrole nitrogens is 1. The lowest BCUT2D eigenvalue weighted by molar-refractivity contribution is -0.0482. The molecule has 0 aromatic carbocycles. The Morgan fingerprint density at radius 2 is 1.85 bits per heavy atom. The highest BCUT2D eigenvalue weighted by molar-refractivity contribution is 7.57. The van der Waals surface area contributed by atoms with Gasteiger partial charge in [-0.05, 0) is 47.6 Å². The van der Waals surface area contributed by atoms with Crippen molar-refractivity contribution in [1.82, 2.24) is 14.2 Å². The van der Waals surface area contributed by atoms with E-state index in [9.17, 15) is 14.2 Å². The summed E-state index contributed by atoms with van der Waals surface area (Å²) in [4.78, 5) is 26.5. The molecule has 5 atom stereocenters. The minimum Gasteiger partial charge on any atom is -0.374 e. The molecule has 1 aromatic heterocycles. The standard InChI is InChI=1S/C24H40N4O9P2/c1-8-34-39(31,35-9-2)16-12-19-21(37-38(33-15-10-13-25)28(17(3)4)18(5)6)22(32-7)23(36-19)27-14-11-20(29)26-24(27)30/h11-12,14,16-19,21-23H,8-10,15H2,1-7H3,(H,26,29,30)/b16-12+/t19-,21-,22-,23-,38?/m0/s1. The van der Waals surface area contributed by atoms with Crippen LogP contribution in [0.3, 0.4) is 0 Å². The van der Waals surface area contributed by atoms with Gasteiger partial charge in [-0.2, -0.15) is 5.26 Å². The average molecular weight is 591 g/mol. The molecule has 0 bridgehead atoms. The lowest BCUT2D eigenvalue weighted by atomic mass is 10.1. The van der Waals surface area contributed by atoms with Crippen LogP contribution >= 0.6 is 16.1 Å². The fraction of sp³-hybridized carbons (Fsp3) is 0.708. The smallest absolute Gasteiger partial charge is 0.353 e. The number of methoxy groups -OCH3 is 1. The SMILES string of the molecule is CCOP(=O)(/C=C/[C@@H]1O[C@H](n2ccc(=O)[nH]c2=O)[C@@H](OC)[C@H]1OP(OCCC#N)N(C(C)C)C(C)C)OCC. The Balaban J connectivity index is 2.56. The predicted octanol–water partition coefficient (Wildman–Crippen LogP) is 3.89. The third-order valence-corrected chi connectivity index (χ3v) is 9.47. The van der Waals surface area contributed by atoms with E-state index in [2.05, 4.69) is 11.1 Å². The van der Waals surface area contributed by atoms with E-state index in [-0.39, 0.29) is 38.3 Å². The van der Waals surface area contributed by atoms with Gasteiger partial charge in [-0.3, -0.25) is 18.9 Å². The molecule has 0 spiro atoms. The zero-order valence-electron chi connectivity index (χ0n) is 23.5. The Hall–Kier alpha value is -1.71. The van der Waals surface area contributed by atoms with Crippen molar-refractivity contribution in [3.63, 3.8) is 0 Å². The summed E-state index contributed by atoms with van der Waals surface area (Å²) in [5, 5.41) is 9.05. The Morgan fingerprint density at radius 3 is 2.36 bits per heavy atom. The summed E-state index contributed by atoms with van der Waals surface area (Å²) in [6.45, 7) is 11.9. The molecular formula is C24H40N4O9P2. The topological polar surface area (TPSA) is 154 Å². The first-order chi connectivity index (χ1) is 18.5. The highest BCUT2D eigenvalue weighted by Gasteiger charge is 2.49. The van der Waals surface area contributed by atoms with Gasteiger partial charge >= 0.3 is 13.3 Å². The van der Waals surface area contributed by atoms with E-state index in [4.69, 9.17) is 32.8 Å². The van der Waals surface area contributed by atoms with Crippen LogP contribution in [-0.2, 0) is 32.1 Å². The predicted molar refractivity (Wildman–Crippen MR) is 146 cm³/mol. The molecule has 0 aliphatic carbocycles. The fourth-order valence-electron chi connectivity index (χ4n) is 4.11. The van der Waals surface area contributed by atoms with Crippen LogP contribution in [-0.4, -0.2) is 71.5 Å². The Labute approximate surface area is 230 Å². The van der Waals surface area contributed by atoms with Crippen LogP contribution in [0.25, 0.3) is 0 Å². The first kappa shape index (κ1) is 33.5. The normalized spacial score (nSPS) is 22.8. The van der Waals surface area contributed by atoms with Gasteiger partial charge in [0.25, 0.3) is 14.1 Å². The summed E-state index contributed by atoms with van der Waals surface area (Å²) < 4.78 is 51.8. The van der Waals surface area contributed by atoms with Gasteiger partial charge in [0.05, 0.1) is 32.3 Å². The van der Waals surface area contributed by atoms with Gasteiger partial charge in [0, 0.05) is 37.3 Å². The van der Waals surface area contributed by atoms with Crippen molar-refractivity contribution in [3.8, 4) is 6.07 Å². The van der Waals surface area contributed by atoms with Crippen LogP contribution in [0, 0.1) is 11.3 Å². The van der Waals surface area contributed by atoms with Crippen LogP contribution in [0.1, 0.15) is 54.2 Å². The Kier molecular flexibility index (Phi) is 13.7. The van der Waals surface area contributed by atoms with E-state index in [1.807, 2.05) is 32.4 Å². The first-order valence-electron chi connectivity index (χ1n) is 12.8. The molecule has 39 heavy (non-hydrogen) atoms. The molecule has 0 saturated carbocycles. The molecule has 2 rings (SSSR count). The van der Waals surface area contributed by atoms with Gasteiger partial charge < -0.3 is 27.6 Å². The molecular weight excluding hydrogens is 550 g/mol. The van der Waals surface area contributed by atoms with Crippen molar-refractivity contribution >= 4 is 16.1 Å². The van der Waals surface area contributed by atoms with Crippen molar-refractivity contribution in [3.05, 3.63) is 45.0 Å². The second-order valence-corrected chi connectivity index (χ2v) is 12.3. The van der Waals surface area contributed by atoms with E-state index in [0.29, 0.717) is 0 Å². The van der Waals surface area contributed by atoms with Gasteiger partial charge in [-0.1, -0.05) is 0 Å². The van der Waals surface area contributed by atoms with E-state index in [1.165, 1.54) is 35.8 Å². The van der Waals surface area contributed by atoms with Crippen molar-refractivity contribution in [2.24, 2.45) is 0 Å². The number of aromatic nitrogens is 2. The lowest BCUT2D eigenvalue weighted by Crippen LogP contribution is -2.41. The van der Waals surface area contributed by atoms with Gasteiger partial charge in [0.15, 0.2) is 6.23 Å². The second kappa shape index (κ2) is 15.9. The molecule has 220 valence electrons. The molecule has 2 heterocycles. The molecule has 1 unspecified atom stereocenters. The highest BCUT2D eigenvalue weighted by atomic mass is 31.2. The monoisotopic (exact) mass is 590 g/mol. The second-order valence-electron chi connectivity index (χ2n) is 9.04. The summed E-state index contributed by atoms with van der Waals surface area (Å²) in [7, 11) is -3.86. The number of rotatable bonds is 16. The number of hydrogen-bond donors (Lipinski definition) is 1. The van der Waals surface area contributed by atoms with Crippen LogP contribution in [0.5, 0.6) is 0 Å². The maximum absolute atomic E-state index is 13.1. The summed E-state index contributed by atoms with van der Waals surface area (Å²) in [6, 6.07) is 3.33. The quantitative estimate of drug-likeness (QED) is 0.220. The Morgan fingerprint density at radius 1 is 1.21 bits per heavy atom. The molecule has 1 aliphatic rings. The maximum atomic E-state index is 13.1. The van der Waals surface area contributed by atoms with Gasteiger partial charge in [-0.25, -0.2) is 9.46 Å². The zero-order valence-corrected chi connectivity index (χ0v) is 25.3. The average Bonchev–Trinajstić information content (AvgIpc) is 3.19. The minimum atomic E-state index is -3.59. The van der Waals surface area contributed by atoms with Gasteiger partial charge in [-0.15, -0.1) is 0 Å². The number of nitriles is 1. The molecule has 0 amide bonds. The fourth-order valence-corrected chi connectivity index (χ4v) is 7.21. The van der Waals surface area contributed by atoms with E-state index in [1.54, 1.807) is 13.8 Å². The van der Waals surface area contributed by atoms with Crippen LogP contribution in [0.15, 0.2) is 33.7 Å². The number of aromatic amines is 1. The van der Waals surface area contributed by atoms with Gasteiger partial charge in [0.2, 0.25) is 0 Å². The van der Waals surface area contributed by atoms with Crippen molar-refractivity contribution < 1.29 is 32.1 Å². The van der Waals surface area contributed by atoms with E-state index in [0.717, 1.165) is 0 Å². The van der Waals surface area contributed by atoms with E-state index >= 15 is 0 Å². The summed E-state index contributed by atoms with van der Waals surface area (Å²) in [5.41, 5.74) is -1.24. The molecule has 1 N–H and O–H groups in total. The molecule has 1 saturated heterocycles. The van der Waals surface area contributed by atoms with Gasteiger partial charge in [0.1, 0.15) is 18.3 Å². The largest absolute Gasteiger partial charge is 0.374 e. The van der Waals surface area contributed by atoms with Crippen molar-refractivity contribution in [2.75, 3.05) is 26.9 Å². The number of nitrogens with one attached hydrogen (secondary N) is 1. The molecule has 15 heteroatoms. The molecule has 1 fully saturated rings. The maximum Gasteiger partial charge on any atom is 0.353 e. The zero-order chi connectivity index (χ0) is 29.2. The lowest BCUT2D eigenvalue weighted by Gasteiger charge is -2.38. The van der Waals surface area contributed by atoms with E-state index < -0.39 is 51.9 Å². The summed E-state index contributed by atoms with van der Waals surface area (Å²) in [5.74, 6) is 1.31. The number of hydrogen-bond acceptors (Lipinski definition) is 11. The Bertz CT molecular complexity index is 1120. The third kappa shape index (κ3) is 9.15. The van der Waals surface area contributed by atoms with Crippen molar-refractivity contribution in [2.45, 2.75) is 84.6 Å². The molecule has 13 nitrogen and oxygen atoms in total. The number of nitrogens with zero attached hydrogens (tertiary/aromatic N) is 3. The third-order valence-electron chi connectivity index (χ3n) is 5.57. The summed E-state index contributed by atoms with van der Waals surface area (Å²) in [6.07, 6.45) is -0.567. The molecule has 0 radical (unpaired) electrons. The molecule has 1 aliphatic heterocycles. The van der Waals surface area contributed by atoms with Crippen molar-refractivity contribution in [1.29, 1.82) is 5.26 Å². The highest BCUT2D eigenvalue weighted by Crippen LogP contribution is 2.52.